The maximum absolute atomic E-state index is 8.52. The standard InChI is InChI=1S/Cu.H2O4S.H4O4Si/c;2*1-5(2,3)4/h;(H2,1,2,3,4);1-4H/q+2;;/p-2. The minimum Gasteiger partial charge on any atom is -0.759 e. The first-order chi connectivity index (χ1) is 4.00. The van der Waals surface area contributed by atoms with Gasteiger partial charge in [0.25, 0.3) is 0 Å². The van der Waals surface area contributed by atoms with Crippen molar-refractivity contribution in [3.05, 3.63) is 0 Å². The molecule has 4 N–H and O–H groups in total. The first kappa shape index (κ1) is 17.5. The van der Waals surface area contributed by atoms with E-state index in [0.717, 1.165) is 0 Å². The largest absolute Gasteiger partial charge is 2.00 e. The molecule has 0 fully saturated rings. The van der Waals surface area contributed by atoms with Gasteiger partial charge in [-0.25, -0.2) is 0 Å². The minimum atomic E-state index is -5.17. The molecular weight excluding hydrogens is 252 g/mol. The number of hydrogen-bond donors (Lipinski definition) is 4. The molecule has 0 saturated carbocycles. The normalized spacial score (nSPS) is 10.7. The molecule has 0 aromatic carbocycles. The monoisotopic (exact) mass is 255 g/mol. The van der Waals surface area contributed by atoms with Crippen molar-refractivity contribution in [2.75, 3.05) is 0 Å². The molecule has 0 amide bonds. The molecule has 8 nitrogen and oxygen atoms in total. The summed E-state index contributed by atoms with van der Waals surface area (Å²) in [5, 5.41) is 0. The van der Waals surface area contributed by atoms with E-state index < -0.39 is 19.4 Å². The van der Waals surface area contributed by atoms with Crippen LogP contribution in [-0.2, 0) is 27.5 Å². The average molecular weight is 256 g/mol. The van der Waals surface area contributed by atoms with Crippen LogP contribution >= 0.6 is 0 Å². The molecule has 0 aliphatic heterocycles. The third-order valence-electron chi connectivity index (χ3n) is 0. The van der Waals surface area contributed by atoms with Gasteiger partial charge in [-0.1, -0.05) is 0 Å². The SMILES string of the molecule is O=S(=O)([O-])[O-].O[Si](O)(O)O.[Cu+2]. The molecule has 0 aliphatic carbocycles. The zero-order chi connectivity index (χ0) is 9.00. The first-order valence-electron chi connectivity index (χ1n) is 1.56. The van der Waals surface area contributed by atoms with Gasteiger partial charge in [0.1, 0.15) is 0 Å². The summed E-state index contributed by atoms with van der Waals surface area (Å²) in [4.78, 5) is 29.3. The van der Waals surface area contributed by atoms with Gasteiger partial charge in [0.05, 0.1) is 0 Å². The van der Waals surface area contributed by atoms with E-state index in [-0.39, 0.29) is 17.1 Å². The van der Waals surface area contributed by atoms with E-state index in [0.29, 0.717) is 0 Å². The van der Waals surface area contributed by atoms with Gasteiger partial charge in [-0.3, -0.25) is 8.42 Å². The smallest absolute Gasteiger partial charge is 0.759 e. The van der Waals surface area contributed by atoms with Gasteiger partial charge in [0, 0.05) is 10.4 Å². The van der Waals surface area contributed by atoms with E-state index in [4.69, 9.17) is 36.7 Å². The molecule has 0 atom stereocenters. The van der Waals surface area contributed by atoms with E-state index in [1.165, 1.54) is 0 Å². The summed E-state index contributed by atoms with van der Waals surface area (Å²) in [6.07, 6.45) is 0. The second-order valence-electron chi connectivity index (χ2n) is 1.01. The molecule has 0 rings (SSSR count). The summed E-state index contributed by atoms with van der Waals surface area (Å²) in [6.45, 7) is 0. The zero-order valence-electron chi connectivity index (χ0n) is 4.63. The first-order valence-corrected chi connectivity index (χ1v) is 4.68. The van der Waals surface area contributed by atoms with Crippen molar-refractivity contribution in [2.45, 2.75) is 0 Å². The molecule has 0 heterocycles. The Labute approximate surface area is 73.7 Å². The van der Waals surface area contributed by atoms with Crippen molar-refractivity contribution >= 4 is 19.4 Å². The Morgan fingerprint density at radius 1 is 1.00 bits per heavy atom. The summed E-state index contributed by atoms with van der Waals surface area (Å²) < 4.78 is 34.1. The zero-order valence-corrected chi connectivity index (χ0v) is 7.39. The molecule has 0 aromatic heterocycles. The molecule has 0 spiro atoms. The summed E-state index contributed by atoms with van der Waals surface area (Å²) in [6, 6.07) is 0. The number of rotatable bonds is 0. The van der Waals surface area contributed by atoms with E-state index in [9.17, 15) is 0 Å². The summed E-state index contributed by atoms with van der Waals surface area (Å²) in [5.41, 5.74) is 0. The average Bonchev–Trinajstić information content (AvgIpc) is 1.12. The Kier molecular flexibility index (Phi) is 9.58. The van der Waals surface area contributed by atoms with Crippen LogP contribution in [0, 0.1) is 0 Å². The van der Waals surface area contributed by atoms with Crippen molar-refractivity contribution in [3.8, 4) is 0 Å². The van der Waals surface area contributed by atoms with Crippen LogP contribution in [0.3, 0.4) is 0 Å². The van der Waals surface area contributed by atoms with Crippen LogP contribution in [0.15, 0.2) is 0 Å². The quantitative estimate of drug-likeness (QED) is 0.194. The van der Waals surface area contributed by atoms with Crippen LogP contribution in [-0.4, -0.2) is 45.8 Å². The van der Waals surface area contributed by atoms with Crippen LogP contribution in [0.2, 0.25) is 0 Å². The third-order valence-corrected chi connectivity index (χ3v) is 0. The molecule has 11 heteroatoms. The van der Waals surface area contributed by atoms with Gasteiger partial charge in [0.2, 0.25) is 0 Å². The molecule has 0 bridgehead atoms. The van der Waals surface area contributed by atoms with Gasteiger partial charge < -0.3 is 28.3 Å². The maximum Gasteiger partial charge on any atom is 2.00 e. The van der Waals surface area contributed by atoms with Gasteiger partial charge in [-0.05, 0) is 0 Å². The van der Waals surface area contributed by atoms with Crippen molar-refractivity contribution < 1.29 is 53.8 Å². The fraction of sp³-hybridized carbons (Fsp3) is 0. The molecule has 11 heavy (non-hydrogen) atoms. The van der Waals surface area contributed by atoms with Crippen LogP contribution in [0.1, 0.15) is 0 Å². The summed E-state index contributed by atoms with van der Waals surface area (Å²) in [7, 11) is -9.78. The Morgan fingerprint density at radius 3 is 1.00 bits per heavy atom. The third kappa shape index (κ3) is 3740. The topological polar surface area (TPSA) is 161 Å². The molecule has 0 aromatic rings. The van der Waals surface area contributed by atoms with E-state index in [1.807, 2.05) is 0 Å². The van der Waals surface area contributed by atoms with Crippen LogP contribution in [0.4, 0.5) is 0 Å². The maximum atomic E-state index is 8.52. The van der Waals surface area contributed by atoms with Crippen molar-refractivity contribution in [1.82, 2.24) is 0 Å². The second-order valence-corrected chi connectivity index (χ2v) is 3.02. The summed E-state index contributed by atoms with van der Waals surface area (Å²) in [5.74, 6) is 0. The molecular formula is H4CuO8SSi. The van der Waals surface area contributed by atoms with Gasteiger partial charge in [-0.15, -0.1) is 0 Å². The van der Waals surface area contributed by atoms with E-state index >= 15 is 0 Å². The van der Waals surface area contributed by atoms with E-state index in [2.05, 4.69) is 0 Å². The molecule has 0 aliphatic rings. The Hall–Kier alpha value is 0.446. The minimum absolute atomic E-state index is 0. The predicted octanol–water partition coefficient (Wildman–Crippen LogP) is -3.95. The van der Waals surface area contributed by atoms with Crippen LogP contribution in [0.5, 0.6) is 0 Å². The molecule has 0 saturated heterocycles. The predicted molar refractivity (Wildman–Crippen MR) is 25.1 cm³/mol. The van der Waals surface area contributed by atoms with E-state index in [1.54, 1.807) is 0 Å². The Bertz CT molecular complexity index is 149. The summed E-state index contributed by atoms with van der Waals surface area (Å²) >= 11 is 0. The molecule has 0 unspecified atom stereocenters. The van der Waals surface area contributed by atoms with Gasteiger partial charge in [0.15, 0.2) is 0 Å². The molecule has 73 valence electrons. The number of hydrogen-bond acceptors (Lipinski definition) is 8. The van der Waals surface area contributed by atoms with Crippen molar-refractivity contribution in [1.29, 1.82) is 0 Å². The van der Waals surface area contributed by atoms with Crippen LogP contribution in [0.25, 0.3) is 0 Å². The van der Waals surface area contributed by atoms with Crippen LogP contribution < -0.4 is 0 Å². The van der Waals surface area contributed by atoms with Crippen molar-refractivity contribution in [2.24, 2.45) is 0 Å². The van der Waals surface area contributed by atoms with Crippen molar-refractivity contribution in [3.63, 3.8) is 0 Å². The van der Waals surface area contributed by atoms with Gasteiger partial charge >= 0.3 is 26.1 Å². The van der Waals surface area contributed by atoms with Gasteiger partial charge in [-0.2, -0.15) is 0 Å². The Balaban J connectivity index is -0.000000107. The Morgan fingerprint density at radius 2 is 1.00 bits per heavy atom. The second kappa shape index (κ2) is 6.02. The fourth-order valence-corrected chi connectivity index (χ4v) is 0. The molecule has 1 radical (unpaired) electrons. The fourth-order valence-electron chi connectivity index (χ4n) is 0.